The number of fused-ring (bicyclic) bond motifs is 1. The third-order valence-corrected chi connectivity index (χ3v) is 4.77. The minimum atomic E-state index is 0.0817. The highest BCUT2D eigenvalue weighted by molar-refractivity contribution is 5.86. The molecule has 25 heavy (non-hydrogen) atoms. The molecular formula is C18H21N5O2. The quantitative estimate of drug-likeness (QED) is 0.732. The van der Waals surface area contributed by atoms with Crippen LogP contribution in [0.3, 0.4) is 0 Å². The molecule has 0 radical (unpaired) electrons. The van der Waals surface area contributed by atoms with Crippen molar-refractivity contribution < 1.29 is 9.32 Å². The van der Waals surface area contributed by atoms with Crippen LogP contribution < -0.4 is 0 Å². The molecule has 1 unspecified atom stereocenters. The fourth-order valence-corrected chi connectivity index (χ4v) is 3.58. The van der Waals surface area contributed by atoms with E-state index in [4.69, 9.17) is 4.52 Å². The molecule has 130 valence electrons. The van der Waals surface area contributed by atoms with Crippen LogP contribution in [0, 0.1) is 13.8 Å². The summed E-state index contributed by atoms with van der Waals surface area (Å²) in [6, 6.07) is 7.82. The van der Waals surface area contributed by atoms with Crippen LogP contribution in [0.1, 0.15) is 36.2 Å². The van der Waals surface area contributed by atoms with Crippen LogP contribution in [-0.4, -0.2) is 43.8 Å². The van der Waals surface area contributed by atoms with Gasteiger partial charge < -0.3 is 9.42 Å². The molecule has 3 heterocycles. The first-order valence-electron chi connectivity index (χ1n) is 8.62. The third kappa shape index (κ3) is 3.01. The molecule has 7 nitrogen and oxygen atoms in total. The van der Waals surface area contributed by atoms with Crippen molar-refractivity contribution in [1.82, 2.24) is 24.8 Å². The van der Waals surface area contributed by atoms with Gasteiger partial charge in [0.1, 0.15) is 17.3 Å². The number of para-hydroxylation sites is 1. The molecule has 0 saturated carbocycles. The minimum absolute atomic E-state index is 0.0817. The highest BCUT2D eigenvalue weighted by Crippen LogP contribution is 2.24. The van der Waals surface area contributed by atoms with Gasteiger partial charge in [-0.2, -0.15) is 5.10 Å². The summed E-state index contributed by atoms with van der Waals surface area (Å²) >= 11 is 0. The highest BCUT2D eigenvalue weighted by atomic mass is 16.5. The molecule has 0 bridgehead atoms. The van der Waals surface area contributed by atoms with Gasteiger partial charge in [-0.05, 0) is 38.8 Å². The van der Waals surface area contributed by atoms with E-state index in [1.54, 1.807) is 0 Å². The van der Waals surface area contributed by atoms with Crippen LogP contribution in [-0.2, 0) is 11.2 Å². The minimum Gasteiger partial charge on any atom is -0.356 e. The number of amides is 1. The number of benzene rings is 1. The van der Waals surface area contributed by atoms with E-state index in [0.29, 0.717) is 12.2 Å². The second-order valence-corrected chi connectivity index (χ2v) is 6.59. The monoisotopic (exact) mass is 339 g/mol. The van der Waals surface area contributed by atoms with Crippen molar-refractivity contribution >= 4 is 16.9 Å². The van der Waals surface area contributed by atoms with E-state index in [9.17, 15) is 4.79 Å². The van der Waals surface area contributed by atoms with E-state index in [1.165, 1.54) is 0 Å². The Morgan fingerprint density at radius 1 is 1.32 bits per heavy atom. The maximum Gasteiger partial charge on any atom is 0.228 e. The second-order valence-electron chi connectivity index (χ2n) is 6.59. The molecule has 4 rings (SSSR count). The molecule has 1 saturated heterocycles. The van der Waals surface area contributed by atoms with Crippen LogP contribution in [0.2, 0.25) is 0 Å². The van der Waals surface area contributed by atoms with Crippen LogP contribution in [0.4, 0.5) is 0 Å². The Morgan fingerprint density at radius 2 is 2.16 bits per heavy atom. The van der Waals surface area contributed by atoms with Crippen molar-refractivity contribution in [3.8, 4) is 0 Å². The van der Waals surface area contributed by atoms with Gasteiger partial charge in [-0.3, -0.25) is 4.79 Å². The lowest BCUT2D eigenvalue weighted by molar-refractivity contribution is -0.132. The summed E-state index contributed by atoms with van der Waals surface area (Å²) in [6.45, 7) is 5.29. The highest BCUT2D eigenvalue weighted by Gasteiger charge is 2.27. The van der Waals surface area contributed by atoms with Gasteiger partial charge in [-0.25, -0.2) is 9.67 Å². The van der Waals surface area contributed by atoms with E-state index in [-0.39, 0.29) is 18.4 Å². The van der Waals surface area contributed by atoms with Crippen molar-refractivity contribution in [2.45, 2.75) is 39.2 Å². The molecule has 7 heteroatoms. The fraction of sp³-hybridized carbons (Fsp3) is 0.444. The van der Waals surface area contributed by atoms with Gasteiger partial charge in [0.25, 0.3) is 0 Å². The van der Waals surface area contributed by atoms with Gasteiger partial charge in [0, 0.05) is 18.5 Å². The molecule has 2 aromatic heterocycles. The second kappa shape index (κ2) is 6.31. The first-order valence-corrected chi connectivity index (χ1v) is 8.62. The summed E-state index contributed by atoms with van der Waals surface area (Å²) < 4.78 is 7.26. The normalized spacial score (nSPS) is 18.0. The lowest BCUT2D eigenvalue weighted by atomic mass is 10.0. The Bertz CT molecular complexity index is 913. The predicted octanol–water partition coefficient (Wildman–Crippen LogP) is 2.44. The van der Waals surface area contributed by atoms with Crippen LogP contribution in [0.25, 0.3) is 11.0 Å². The average molecular weight is 339 g/mol. The number of hydrogen-bond acceptors (Lipinski definition) is 5. The SMILES string of the molecule is Cc1nc(C)n(C2CCCN(C(=O)Cc3noc4ccccc34)C2)n1. The zero-order valence-electron chi connectivity index (χ0n) is 14.5. The van der Waals surface area contributed by atoms with Crippen molar-refractivity contribution in [1.29, 1.82) is 0 Å². The number of hydrogen-bond donors (Lipinski definition) is 0. The number of carbonyl (C=O) groups is 1. The van der Waals surface area contributed by atoms with Crippen LogP contribution in [0.15, 0.2) is 28.8 Å². The van der Waals surface area contributed by atoms with Crippen molar-refractivity contribution in [2.75, 3.05) is 13.1 Å². The van der Waals surface area contributed by atoms with E-state index in [0.717, 1.165) is 42.0 Å². The summed E-state index contributed by atoms with van der Waals surface area (Å²) in [5.74, 6) is 1.76. The number of nitrogens with zero attached hydrogens (tertiary/aromatic N) is 5. The van der Waals surface area contributed by atoms with Gasteiger partial charge in [0.2, 0.25) is 5.91 Å². The first kappa shape index (κ1) is 15.8. The van der Waals surface area contributed by atoms with E-state index in [1.807, 2.05) is 47.7 Å². The number of carbonyl (C=O) groups excluding carboxylic acids is 1. The lowest BCUT2D eigenvalue weighted by Gasteiger charge is -2.33. The Kier molecular flexibility index (Phi) is 3.99. The van der Waals surface area contributed by atoms with Gasteiger partial charge in [-0.1, -0.05) is 17.3 Å². The standard InChI is InChI=1S/C18H21N5O2/c1-12-19-13(2)23(20-12)14-6-5-9-22(11-14)18(24)10-16-15-7-3-4-8-17(15)25-21-16/h3-4,7-8,14H,5-6,9-11H2,1-2H3. The Labute approximate surface area is 145 Å². The van der Waals surface area contributed by atoms with E-state index in [2.05, 4.69) is 15.2 Å². The molecule has 1 aliphatic rings. The molecule has 1 fully saturated rings. The Hall–Kier alpha value is -2.70. The molecule has 1 aliphatic heterocycles. The van der Waals surface area contributed by atoms with Gasteiger partial charge >= 0.3 is 0 Å². The zero-order valence-corrected chi connectivity index (χ0v) is 14.5. The van der Waals surface area contributed by atoms with Crippen LogP contribution in [0.5, 0.6) is 0 Å². The maximum absolute atomic E-state index is 12.8. The third-order valence-electron chi connectivity index (χ3n) is 4.77. The molecule has 3 aromatic rings. The summed E-state index contributed by atoms with van der Waals surface area (Å²) in [7, 11) is 0. The number of likely N-dealkylation sites (tertiary alicyclic amines) is 1. The van der Waals surface area contributed by atoms with E-state index >= 15 is 0 Å². The van der Waals surface area contributed by atoms with Crippen LogP contribution >= 0.6 is 0 Å². The molecule has 1 amide bonds. The number of piperidine rings is 1. The van der Waals surface area contributed by atoms with Crippen molar-refractivity contribution in [3.63, 3.8) is 0 Å². The Balaban J connectivity index is 1.49. The molecule has 0 N–H and O–H groups in total. The molecule has 1 aromatic carbocycles. The average Bonchev–Trinajstić information content (AvgIpc) is 3.18. The zero-order chi connectivity index (χ0) is 17.4. The number of aromatic nitrogens is 4. The molecule has 0 aliphatic carbocycles. The maximum atomic E-state index is 12.8. The van der Waals surface area contributed by atoms with Crippen molar-refractivity contribution in [3.05, 3.63) is 41.6 Å². The van der Waals surface area contributed by atoms with Gasteiger partial charge in [-0.15, -0.1) is 0 Å². The predicted molar refractivity (Wildman–Crippen MR) is 92.1 cm³/mol. The largest absolute Gasteiger partial charge is 0.356 e. The number of aryl methyl sites for hydroxylation is 2. The summed E-state index contributed by atoms with van der Waals surface area (Å²) in [6.07, 6.45) is 2.24. The smallest absolute Gasteiger partial charge is 0.228 e. The van der Waals surface area contributed by atoms with Gasteiger partial charge in [0.15, 0.2) is 5.58 Å². The topological polar surface area (TPSA) is 77.0 Å². The lowest BCUT2D eigenvalue weighted by Crippen LogP contribution is -2.42. The molecule has 1 atom stereocenters. The first-order chi connectivity index (χ1) is 12.1. The summed E-state index contributed by atoms with van der Waals surface area (Å²) in [4.78, 5) is 19.1. The fourth-order valence-electron chi connectivity index (χ4n) is 3.58. The number of rotatable bonds is 3. The molecular weight excluding hydrogens is 318 g/mol. The van der Waals surface area contributed by atoms with Crippen molar-refractivity contribution in [2.24, 2.45) is 0 Å². The summed E-state index contributed by atoms with van der Waals surface area (Å²) in [5, 5.41) is 9.47. The van der Waals surface area contributed by atoms with E-state index < -0.39 is 0 Å². The Morgan fingerprint density at radius 3 is 2.96 bits per heavy atom. The molecule has 0 spiro atoms. The summed E-state index contributed by atoms with van der Waals surface area (Å²) in [5.41, 5.74) is 1.42. The van der Waals surface area contributed by atoms with Gasteiger partial charge in [0.05, 0.1) is 12.5 Å².